The molecule has 2 aromatic heterocycles. The topological polar surface area (TPSA) is 54.9 Å². The SMILES string of the molecule is Cc1nsc(NC(=O)c2cc3c(s2)CCCCC3)n1. The molecular formula is C13H15N3OS2. The molecule has 1 amide bonds. The number of carbonyl (C=O) groups is 1. The largest absolute Gasteiger partial charge is 0.296 e. The Morgan fingerprint density at radius 1 is 1.32 bits per heavy atom. The van der Waals surface area contributed by atoms with Crippen LogP contribution in [-0.4, -0.2) is 15.3 Å². The lowest BCUT2D eigenvalue weighted by molar-refractivity contribution is 0.103. The fourth-order valence-electron chi connectivity index (χ4n) is 2.29. The molecule has 1 N–H and O–H groups in total. The Morgan fingerprint density at radius 2 is 2.16 bits per heavy atom. The van der Waals surface area contributed by atoms with E-state index in [0.29, 0.717) is 11.0 Å². The van der Waals surface area contributed by atoms with Gasteiger partial charge >= 0.3 is 0 Å². The number of thiophene rings is 1. The summed E-state index contributed by atoms with van der Waals surface area (Å²) in [4.78, 5) is 18.5. The molecule has 0 bridgehead atoms. The molecule has 1 aliphatic carbocycles. The van der Waals surface area contributed by atoms with Crippen LogP contribution >= 0.6 is 22.9 Å². The molecule has 0 saturated carbocycles. The standard InChI is InChI=1S/C13H15N3OS2/c1-8-14-13(19-16-8)15-12(17)11-7-9-5-3-2-4-6-10(9)18-11/h7H,2-6H2,1H3,(H,14,15,16,17). The molecule has 0 saturated heterocycles. The quantitative estimate of drug-likeness (QED) is 0.863. The van der Waals surface area contributed by atoms with Gasteiger partial charge in [0.15, 0.2) is 0 Å². The van der Waals surface area contributed by atoms with Gasteiger partial charge in [-0.3, -0.25) is 10.1 Å². The van der Waals surface area contributed by atoms with Crippen molar-refractivity contribution in [3.63, 3.8) is 0 Å². The van der Waals surface area contributed by atoms with Crippen LogP contribution in [0.2, 0.25) is 0 Å². The third kappa shape index (κ3) is 2.84. The van der Waals surface area contributed by atoms with E-state index in [2.05, 4.69) is 20.7 Å². The van der Waals surface area contributed by atoms with Gasteiger partial charge in [0.1, 0.15) is 5.82 Å². The minimum absolute atomic E-state index is 0.0609. The summed E-state index contributed by atoms with van der Waals surface area (Å²) in [5.74, 6) is 0.636. The second kappa shape index (κ2) is 5.38. The monoisotopic (exact) mass is 293 g/mol. The van der Waals surface area contributed by atoms with Gasteiger partial charge in [0.25, 0.3) is 5.91 Å². The number of aromatic nitrogens is 2. The van der Waals surface area contributed by atoms with Gasteiger partial charge in [-0.2, -0.15) is 4.37 Å². The fourth-order valence-corrected chi connectivity index (χ4v) is 4.01. The van der Waals surface area contributed by atoms with Crippen molar-refractivity contribution in [1.29, 1.82) is 0 Å². The highest BCUT2D eigenvalue weighted by Crippen LogP contribution is 2.29. The van der Waals surface area contributed by atoms with Crippen molar-refractivity contribution >= 4 is 33.9 Å². The lowest BCUT2D eigenvalue weighted by atomic mass is 10.1. The molecule has 3 rings (SSSR count). The molecule has 2 aromatic rings. The van der Waals surface area contributed by atoms with E-state index in [1.54, 1.807) is 11.3 Å². The minimum Gasteiger partial charge on any atom is -0.296 e. The summed E-state index contributed by atoms with van der Waals surface area (Å²) in [5.41, 5.74) is 1.36. The molecule has 100 valence electrons. The molecular weight excluding hydrogens is 278 g/mol. The van der Waals surface area contributed by atoms with Crippen molar-refractivity contribution < 1.29 is 4.79 Å². The van der Waals surface area contributed by atoms with Crippen molar-refractivity contribution in [3.8, 4) is 0 Å². The maximum absolute atomic E-state index is 12.2. The molecule has 0 unspecified atom stereocenters. The number of hydrogen-bond donors (Lipinski definition) is 1. The maximum atomic E-state index is 12.2. The number of nitrogens with zero attached hydrogens (tertiary/aromatic N) is 2. The zero-order valence-corrected chi connectivity index (χ0v) is 12.4. The average Bonchev–Trinajstić information content (AvgIpc) is 2.91. The summed E-state index contributed by atoms with van der Waals surface area (Å²) >= 11 is 2.85. The first-order valence-electron chi connectivity index (χ1n) is 6.45. The van der Waals surface area contributed by atoms with Crippen LogP contribution in [0.25, 0.3) is 0 Å². The molecule has 0 aliphatic heterocycles. The Kier molecular flexibility index (Phi) is 3.61. The number of amides is 1. The van der Waals surface area contributed by atoms with Gasteiger partial charge in [-0.05, 0) is 44.2 Å². The molecule has 2 heterocycles. The second-order valence-electron chi connectivity index (χ2n) is 4.72. The van der Waals surface area contributed by atoms with Crippen molar-refractivity contribution in [3.05, 3.63) is 27.2 Å². The molecule has 0 aromatic carbocycles. The highest BCUT2D eigenvalue weighted by Gasteiger charge is 2.17. The summed E-state index contributed by atoms with van der Waals surface area (Å²) in [6, 6.07) is 2.05. The Balaban J connectivity index is 1.76. The van der Waals surface area contributed by atoms with Crippen LogP contribution in [0.3, 0.4) is 0 Å². The van der Waals surface area contributed by atoms with Gasteiger partial charge in [0.2, 0.25) is 5.13 Å². The van der Waals surface area contributed by atoms with Crippen molar-refractivity contribution in [2.45, 2.75) is 39.0 Å². The lowest BCUT2D eigenvalue weighted by Gasteiger charge is -1.97. The number of rotatable bonds is 2. The highest BCUT2D eigenvalue weighted by atomic mass is 32.1. The summed E-state index contributed by atoms with van der Waals surface area (Å²) in [7, 11) is 0. The van der Waals surface area contributed by atoms with E-state index < -0.39 is 0 Å². The van der Waals surface area contributed by atoms with Crippen molar-refractivity contribution in [2.75, 3.05) is 5.32 Å². The van der Waals surface area contributed by atoms with Gasteiger partial charge in [-0.25, -0.2) is 4.98 Å². The van der Waals surface area contributed by atoms with E-state index in [4.69, 9.17) is 0 Å². The molecule has 6 heteroatoms. The molecule has 0 atom stereocenters. The molecule has 0 fully saturated rings. The van der Waals surface area contributed by atoms with Gasteiger partial charge in [0.05, 0.1) is 4.88 Å². The van der Waals surface area contributed by atoms with E-state index in [0.717, 1.165) is 17.7 Å². The van der Waals surface area contributed by atoms with Crippen LogP contribution in [0.4, 0.5) is 5.13 Å². The van der Waals surface area contributed by atoms with E-state index >= 15 is 0 Å². The zero-order valence-electron chi connectivity index (χ0n) is 10.7. The number of anilines is 1. The van der Waals surface area contributed by atoms with E-state index in [9.17, 15) is 4.79 Å². The van der Waals surface area contributed by atoms with Crippen LogP contribution in [0.15, 0.2) is 6.07 Å². The van der Waals surface area contributed by atoms with Crippen LogP contribution in [0.1, 0.15) is 45.2 Å². The molecule has 4 nitrogen and oxygen atoms in total. The van der Waals surface area contributed by atoms with Gasteiger partial charge in [0, 0.05) is 16.4 Å². The Morgan fingerprint density at radius 3 is 2.95 bits per heavy atom. The van der Waals surface area contributed by atoms with Crippen LogP contribution < -0.4 is 5.32 Å². The highest BCUT2D eigenvalue weighted by molar-refractivity contribution is 7.14. The molecule has 0 radical (unpaired) electrons. The Bertz CT molecular complexity index is 579. The summed E-state index contributed by atoms with van der Waals surface area (Å²) in [5, 5.41) is 3.40. The van der Waals surface area contributed by atoms with E-state index in [1.807, 2.05) is 6.92 Å². The van der Waals surface area contributed by atoms with E-state index in [1.165, 1.54) is 41.2 Å². The summed E-state index contributed by atoms with van der Waals surface area (Å²) in [6.07, 6.45) is 6.00. The summed E-state index contributed by atoms with van der Waals surface area (Å²) < 4.78 is 4.06. The third-order valence-corrected chi connectivity index (χ3v) is 5.18. The number of nitrogens with one attached hydrogen (secondary N) is 1. The fraction of sp³-hybridized carbons (Fsp3) is 0.462. The predicted molar refractivity (Wildman–Crippen MR) is 78.2 cm³/mol. The Labute approximate surface area is 120 Å². The number of hydrogen-bond acceptors (Lipinski definition) is 5. The van der Waals surface area contributed by atoms with Crippen LogP contribution in [-0.2, 0) is 12.8 Å². The summed E-state index contributed by atoms with van der Waals surface area (Å²) in [6.45, 7) is 1.82. The van der Waals surface area contributed by atoms with Crippen LogP contribution in [0, 0.1) is 6.92 Å². The van der Waals surface area contributed by atoms with Crippen molar-refractivity contribution in [1.82, 2.24) is 9.36 Å². The maximum Gasteiger partial charge on any atom is 0.267 e. The normalized spacial score (nSPS) is 14.8. The lowest BCUT2D eigenvalue weighted by Crippen LogP contribution is -2.09. The van der Waals surface area contributed by atoms with E-state index in [-0.39, 0.29) is 5.91 Å². The second-order valence-corrected chi connectivity index (χ2v) is 6.61. The average molecular weight is 293 g/mol. The first kappa shape index (κ1) is 12.7. The smallest absolute Gasteiger partial charge is 0.267 e. The predicted octanol–water partition coefficient (Wildman–Crippen LogP) is 3.43. The third-order valence-electron chi connectivity index (χ3n) is 3.22. The molecule has 19 heavy (non-hydrogen) atoms. The zero-order chi connectivity index (χ0) is 13.2. The molecule has 1 aliphatic rings. The minimum atomic E-state index is -0.0609. The number of fused-ring (bicyclic) bond motifs is 1. The Hall–Kier alpha value is -1.27. The van der Waals surface area contributed by atoms with Gasteiger partial charge in [-0.1, -0.05) is 6.42 Å². The first-order chi connectivity index (χ1) is 9.22. The van der Waals surface area contributed by atoms with Crippen molar-refractivity contribution in [2.24, 2.45) is 0 Å². The van der Waals surface area contributed by atoms with Crippen LogP contribution in [0.5, 0.6) is 0 Å². The van der Waals surface area contributed by atoms with Gasteiger partial charge in [-0.15, -0.1) is 11.3 Å². The number of aryl methyl sites for hydroxylation is 3. The van der Waals surface area contributed by atoms with Gasteiger partial charge < -0.3 is 0 Å². The molecule has 0 spiro atoms. The number of carbonyl (C=O) groups excluding carboxylic acids is 1. The first-order valence-corrected chi connectivity index (χ1v) is 8.04.